The maximum absolute atomic E-state index is 13.0. The van der Waals surface area contributed by atoms with Gasteiger partial charge in [0.05, 0.1) is 22.7 Å². The van der Waals surface area contributed by atoms with E-state index in [1.54, 1.807) is 6.20 Å². The second-order valence-corrected chi connectivity index (χ2v) is 6.50. The monoisotopic (exact) mass is 339 g/mol. The van der Waals surface area contributed by atoms with Gasteiger partial charge in [0.2, 0.25) is 0 Å². The second-order valence-electron chi connectivity index (χ2n) is 6.50. The average molecular weight is 339 g/mol. The molecule has 1 saturated heterocycles. The van der Waals surface area contributed by atoms with Crippen LogP contribution < -0.4 is 0 Å². The molecular formula is C18H21N5O2. The van der Waals surface area contributed by atoms with Gasteiger partial charge in [-0.25, -0.2) is 9.97 Å². The van der Waals surface area contributed by atoms with E-state index in [-0.39, 0.29) is 11.9 Å². The van der Waals surface area contributed by atoms with Crippen molar-refractivity contribution in [2.45, 2.75) is 39.2 Å². The first-order valence-corrected chi connectivity index (χ1v) is 8.70. The number of aryl methyl sites for hydroxylation is 2. The first-order valence-electron chi connectivity index (χ1n) is 8.70. The van der Waals surface area contributed by atoms with Gasteiger partial charge in [0.1, 0.15) is 5.82 Å². The normalized spacial score (nSPS) is 18.0. The Morgan fingerprint density at radius 1 is 1.40 bits per heavy atom. The van der Waals surface area contributed by atoms with Gasteiger partial charge < -0.3 is 14.0 Å². The van der Waals surface area contributed by atoms with Crippen LogP contribution in [0.5, 0.6) is 0 Å². The summed E-state index contributed by atoms with van der Waals surface area (Å²) >= 11 is 0. The van der Waals surface area contributed by atoms with Crippen LogP contribution in [0.3, 0.4) is 0 Å². The zero-order chi connectivity index (χ0) is 17.4. The molecule has 130 valence electrons. The number of aromatic nitrogens is 4. The van der Waals surface area contributed by atoms with Crippen LogP contribution in [-0.2, 0) is 6.42 Å². The van der Waals surface area contributed by atoms with E-state index < -0.39 is 0 Å². The van der Waals surface area contributed by atoms with Gasteiger partial charge in [-0.05, 0) is 25.8 Å². The number of nitrogens with zero attached hydrogens (tertiary/aromatic N) is 5. The van der Waals surface area contributed by atoms with Crippen LogP contribution in [0, 0.1) is 6.92 Å². The van der Waals surface area contributed by atoms with Crippen LogP contribution in [0.2, 0.25) is 0 Å². The standard InChI is InChI=1S/C18H21N5O2/c1-3-16-19-6-8-23(16)14-5-4-7-22(11-14)18(24)13-9-15-12(2)21-25-17(15)20-10-13/h6,8-10,14H,3-5,7,11H2,1-2H3. The van der Waals surface area contributed by atoms with E-state index in [2.05, 4.69) is 26.6 Å². The third-order valence-electron chi connectivity index (χ3n) is 4.90. The first-order chi connectivity index (χ1) is 12.2. The highest BCUT2D eigenvalue weighted by Crippen LogP contribution is 2.25. The summed E-state index contributed by atoms with van der Waals surface area (Å²) in [7, 11) is 0. The molecule has 1 aliphatic rings. The quantitative estimate of drug-likeness (QED) is 0.733. The summed E-state index contributed by atoms with van der Waals surface area (Å²) in [5.74, 6) is 1.08. The topological polar surface area (TPSA) is 77.0 Å². The summed E-state index contributed by atoms with van der Waals surface area (Å²) < 4.78 is 7.34. The zero-order valence-corrected chi connectivity index (χ0v) is 14.5. The molecule has 0 bridgehead atoms. The number of hydrogen-bond donors (Lipinski definition) is 0. The molecule has 1 unspecified atom stereocenters. The van der Waals surface area contributed by atoms with Crippen molar-refractivity contribution in [3.63, 3.8) is 0 Å². The fraction of sp³-hybridized carbons (Fsp3) is 0.444. The highest BCUT2D eigenvalue weighted by molar-refractivity contribution is 5.97. The number of amides is 1. The van der Waals surface area contributed by atoms with Gasteiger partial charge in [-0.15, -0.1) is 0 Å². The minimum absolute atomic E-state index is 0.0119. The van der Waals surface area contributed by atoms with Crippen molar-refractivity contribution in [2.24, 2.45) is 0 Å². The number of imidazole rings is 1. The number of fused-ring (bicyclic) bond motifs is 1. The Kier molecular flexibility index (Phi) is 3.99. The van der Waals surface area contributed by atoms with Crippen LogP contribution in [0.1, 0.15) is 47.7 Å². The molecule has 1 fully saturated rings. The Morgan fingerprint density at radius 2 is 2.28 bits per heavy atom. The summed E-state index contributed by atoms with van der Waals surface area (Å²) in [5, 5.41) is 4.69. The van der Waals surface area contributed by atoms with Gasteiger partial charge in [0, 0.05) is 38.1 Å². The molecule has 25 heavy (non-hydrogen) atoms. The van der Waals surface area contributed by atoms with Gasteiger partial charge in [-0.2, -0.15) is 0 Å². The van der Waals surface area contributed by atoms with Gasteiger partial charge in [0.25, 0.3) is 11.6 Å². The Labute approximate surface area is 145 Å². The van der Waals surface area contributed by atoms with Crippen LogP contribution in [0.4, 0.5) is 0 Å². The third-order valence-corrected chi connectivity index (χ3v) is 4.90. The molecule has 0 saturated carbocycles. The molecule has 1 atom stereocenters. The molecule has 7 heteroatoms. The van der Waals surface area contributed by atoms with Crippen LogP contribution in [-0.4, -0.2) is 43.6 Å². The van der Waals surface area contributed by atoms with E-state index in [4.69, 9.17) is 4.52 Å². The Bertz CT molecular complexity index is 913. The second kappa shape index (κ2) is 6.31. The Morgan fingerprint density at radius 3 is 3.12 bits per heavy atom. The molecule has 1 amide bonds. The van der Waals surface area contributed by atoms with Crippen molar-refractivity contribution in [3.8, 4) is 0 Å². The molecule has 4 heterocycles. The fourth-order valence-corrected chi connectivity index (χ4v) is 3.56. The number of pyridine rings is 1. The number of carbonyl (C=O) groups is 1. The minimum Gasteiger partial charge on any atom is -0.337 e. The SMILES string of the molecule is CCc1nccn1C1CCCN(C(=O)c2cnc3onc(C)c3c2)C1. The smallest absolute Gasteiger partial charge is 0.257 e. The highest BCUT2D eigenvalue weighted by Gasteiger charge is 2.27. The van der Waals surface area contributed by atoms with Crippen molar-refractivity contribution in [3.05, 3.63) is 41.7 Å². The molecule has 4 rings (SSSR count). The minimum atomic E-state index is 0.0119. The van der Waals surface area contributed by atoms with Crippen molar-refractivity contribution in [1.29, 1.82) is 0 Å². The molecule has 7 nitrogen and oxygen atoms in total. The summed E-state index contributed by atoms with van der Waals surface area (Å²) in [6.45, 7) is 5.42. The number of hydrogen-bond acceptors (Lipinski definition) is 5. The van der Waals surface area contributed by atoms with Crippen LogP contribution >= 0.6 is 0 Å². The fourth-order valence-electron chi connectivity index (χ4n) is 3.56. The number of likely N-dealkylation sites (tertiary alicyclic amines) is 1. The molecule has 0 radical (unpaired) electrons. The van der Waals surface area contributed by atoms with E-state index in [1.165, 1.54) is 0 Å². The van der Waals surface area contributed by atoms with Crippen molar-refractivity contribution in [2.75, 3.05) is 13.1 Å². The lowest BCUT2D eigenvalue weighted by Gasteiger charge is -2.34. The van der Waals surface area contributed by atoms with Crippen LogP contribution in [0.15, 0.2) is 29.2 Å². The lowest BCUT2D eigenvalue weighted by molar-refractivity contribution is 0.0677. The summed E-state index contributed by atoms with van der Waals surface area (Å²) in [4.78, 5) is 23.5. The Balaban J connectivity index is 1.57. The average Bonchev–Trinajstić information content (AvgIpc) is 3.28. The van der Waals surface area contributed by atoms with E-state index in [0.29, 0.717) is 17.8 Å². The first kappa shape index (κ1) is 15.8. The molecular weight excluding hydrogens is 318 g/mol. The maximum atomic E-state index is 13.0. The molecule has 1 aliphatic heterocycles. The van der Waals surface area contributed by atoms with Crippen molar-refractivity contribution < 1.29 is 9.32 Å². The van der Waals surface area contributed by atoms with E-state index in [9.17, 15) is 4.79 Å². The molecule has 0 spiro atoms. The number of rotatable bonds is 3. The molecule has 0 aromatic carbocycles. The number of carbonyl (C=O) groups excluding carboxylic acids is 1. The van der Waals surface area contributed by atoms with Gasteiger partial charge in [-0.3, -0.25) is 4.79 Å². The summed E-state index contributed by atoms with van der Waals surface area (Å²) in [6.07, 6.45) is 8.38. The van der Waals surface area contributed by atoms with Crippen molar-refractivity contribution >= 4 is 17.0 Å². The lowest BCUT2D eigenvalue weighted by Crippen LogP contribution is -2.41. The third kappa shape index (κ3) is 2.79. The predicted octanol–water partition coefficient (Wildman–Crippen LogP) is 2.77. The van der Waals surface area contributed by atoms with E-state index >= 15 is 0 Å². The molecule has 0 N–H and O–H groups in total. The Hall–Kier alpha value is -2.70. The van der Waals surface area contributed by atoms with Crippen molar-refractivity contribution in [1.82, 2.24) is 24.6 Å². The lowest BCUT2D eigenvalue weighted by atomic mass is 10.0. The molecule has 3 aromatic heterocycles. The summed E-state index contributed by atoms with van der Waals surface area (Å²) in [6, 6.07) is 2.11. The predicted molar refractivity (Wildman–Crippen MR) is 92.3 cm³/mol. The van der Waals surface area contributed by atoms with Gasteiger partial charge in [0.15, 0.2) is 0 Å². The zero-order valence-electron chi connectivity index (χ0n) is 14.5. The van der Waals surface area contributed by atoms with Gasteiger partial charge in [-0.1, -0.05) is 12.1 Å². The molecule has 3 aromatic rings. The van der Waals surface area contributed by atoms with E-state index in [0.717, 1.165) is 42.7 Å². The largest absolute Gasteiger partial charge is 0.337 e. The maximum Gasteiger partial charge on any atom is 0.257 e. The van der Waals surface area contributed by atoms with Crippen LogP contribution in [0.25, 0.3) is 11.1 Å². The van der Waals surface area contributed by atoms with Gasteiger partial charge >= 0.3 is 0 Å². The summed E-state index contributed by atoms with van der Waals surface area (Å²) in [5.41, 5.74) is 1.80. The number of piperidine rings is 1. The highest BCUT2D eigenvalue weighted by atomic mass is 16.5. The molecule has 0 aliphatic carbocycles. The van der Waals surface area contributed by atoms with E-state index in [1.807, 2.05) is 30.3 Å².